The number of likely N-dealkylation sites (tertiary alicyclic amines) is 1. The minimum Gasteiger partial charge on any atom is -0.481 e. The quantitative estimate of drug-likeness (QED) is 0.412. The molecule has 1 aliphatic heterocycles. The van der Waals surface area contributed by atoms with E-state index in [1.54, 1.807) is 6.08 Å². The third-order valence-electron chi connectivity index (χ3n) is 7.25. The van der Waals surface area contributed by atoms with E-state index in [0.717, 1.165) is 28.3 Å². The highest BCUT2D eigenvalue weighted by Gasteiger charge is 2.46. The molecule has 3 atom stereocenters. The minimum atomic E-state index is -0.810. The van der Waals surface area contributed by atoms with Crippen molar-refractivity contribution in [2.75, 3.05) is 19.7 Å². The number of aliphatic hydroxyl groups excluding tert-OH is 1. The van der Waals surface area contributed by atoms with E-state index >= 15 is 0 Å². The number of hydrogen-bond donors (Lipinski definition) is 3. The summed E-state index contributed by atoms with van der Waals surface area (Å²) < 4.78 is 0. The number of fused-ring (bicyclic) bond motifs is 1. The summed E-state index contributed by atoms with van der Waals surface area (Å²) in [5, 5.41) is 22.8. The second-order valence-electron chi connectivity index (χ2n) is 9.28. The summed E-state index contributed by atoms with van der Waals surface area (Å²) in [7, 11) is 0. The fourth-order valence-electron chi connectivity index (χ4n) is 5.56. The van der Waals surface area contributed by atoms with Crippen molar-refractivity contribution in [3.8, 4) is 0 Å². The molecule has 6 heteroatoms. The van der Waals surface area contributed by atoms with Gasteiger partial charge in [0.1, 0.15) is 0 Å². The lowest BCUT2D eigenvalue weighted by molar-refractivity contribution is -0.145. The first-order valence-corrected chi connectivity index (χ1v) is 12.0. The second kappa shape index (κ2) is 10.8. The van der Waals surface area contributed by atoms with Crippen molar-refractivity contribution in [3.05, 3.63) is 96.1 Å². The van der Waals surface area contributed by atoms with Crippen LogP contribution in [-0.4, -0.2) is 46.7 Å². The van der Waals surface area contributed by atoms with Gasteiger partial charge in [0.15, 0.2) is 0 Å². The summed E-state index contributed by atoms with van der Waals surface area (Å²) in [6.07, 6.45) is 4.87. The van der Waals surface area contributed by atoms with Gasteiger partial charge in [0.25, 0.3) is 0 Å². The number of amides is 1. The van der Waals surface area contributed by atoms with Crippen molar-refractivity contribution in [3.63, 3.8) is 0 Å². The van der Waals surface area contributed by atoms with Gasteiger partial charge in [0.2, 0.25) is 5.91 Å². The van der Waals surface area contributed by atoms with Gasteiger partial charge in [-0.3, -0.25) is 14.5 Å². The monoisotopic (exact) mass is 472 g/mol. The zero-order valence-corrected chi connectivity index (χ0v) is 19.7. The number of rotatable bonds is 9. The number of nitrogens with two attached hydrogens (primary N) is 1. The molecule has 1 fully saturated rings. The summed E-state index contributed by atoms with van der Waals surface area (Å²) in [5.41, 5.74) is 6.71. The zero-order valence-electron chi connectivity index (χ0n) is 19.7. The Bertz CT molecular complexity index is 1200. The second-order valence-corrected chi connectivity index (χ2v) is 9.28. The molecular weight excluding hydrogens is 440 g/mol. The number of carboxylic acids is 1. The largest absolute Gasteiger partial charge is 0.481 e. The molecular formula is C29H32N2O4. The van der Waals surface area contributed by atoms with E-state index in [9.17, 15) is 19.8 Å². The van der Waals surface area contributed by atoms with Crippen LogP contribution in [0.2, 0.25) is 0 Å². The summed E-state index contributed by atoms with van der Waals surface area (Å²) >= 11 is 0. The van der Waals surface area contributed by atoms with Crippen LogP contribution < -0.4 is 5.73 Å². The highest BCUT2D eigenvalue weighted by Crippen LogP contribution is 2.43. The van der Waals surface area contributed by atoms with Crippen LogP contribution in [-0.2, 0) is 21.5 Å². The number of carbonyl (C=O) groups is 2. The molecule has 4 rings (SSSR count). The molecule has 0 aromatic heterocycles. The van der Waals surface area contributed by atoms with E-state index in [0.29, 0.717) is 25.9 Å². The minimum absolute atomic E-state index is 0.225. The number of primary amides is 1. The third-order valence-corrected chi connectivity index (χ3v) is 7.25. The molecule has 0 aliphatic carbocycles. The SMILES string of the molecule is NC(=O)/C=C/C(CO)C(Cc1cccc2ccccc12)(c1ccccc1)N1CCC[C@@H](C(=O)O)C1. The lowest BCUT2D eigenvalue weighted by Gasteiger charge is -2.51. The van der Waals surface area contributed by atoms with E-state index in [2.05, 4.69) is 29.2 Å². The average Bonchev–Trinajstić information content (AvgIpc) is 2.88. The van der Waals surface area contributed by atoms with Crippen molar-refractivity contribution in [2.45, 2.75) is 24.8 Å². The molecule has 2 unspecified atom stereocenters. The van der Waals surface area contributed by atoms with Crippen LogP contribution in [0.15, 0.2) is 84.9 Å². The van der Waals surface area contributed by atoms with E-state index in [1.807, 2.05) is 48.5 Å². The number of aliphatic hydroxyl groups is 1. The fraction of sp³-hybridized carbons (Fsp3) is 0.310. The molecule has 3 aromatic rings. The molecule has 0 radical (unpaired) electrons. The molecule has 6 nitrogen and oxygen atoms in total. The van der Waals surface area contributed by atoms with E-state index in [1.165, 1.54) is 6.08 Å². The Kier molecular flexibility index (Phi) is 7.63. The van der Waals surface area contributed by atoms with Crippen LogP contribution in [0.4, 0.5) is 0 Å². The Balaban J connectivity index is 1.95. The number of carbonyl (C=O) groups excluding carboxylic acids is 1. The van der Waals surface area contributed by atoms with Crippen molar-refractivity contribution in [1.29, 1.82) is 0 Å². The van der Waals surface area contributed by atoms with Crippen molar-refractivity contribution >= 4 is 22.6 Å². The molecule has 0 spiro atoms. The lowest BCUT2D eigenvalue weighted by Crippen LogP contribution is -2.57. The maximum absolute atomic E-state index is 12.0. The first-order chi connectivity index (χ1) is 17.0. The van der Waals surface area contributed by atoms with Gasteiger partial charge in [0, 0.05) is 12.5 Å². The van der Waals surface area contributed by atoms with Crippen molar-refractivity contribution in [1.82, 2.24) is 4.90 Å². The molecule has 0 saturated carbocycles. The highest BCUT2D eigenvalue weighted by molar-refractivity contribution is 5.86. The zero-order chi connectivity index (χ0) is 24.8. The fourth-order valence-corrected chi connectivity index (χ4v) is 5.56. The summed E-state index contributed by atoms with van der Waals surface area (Å²) in [6.45, 7) is 0.817. The highest BCUT2D eigenvalue weighted by atomic mass is 16.4. The Morgan fingerprint density at radius 3 is 2.49 bits per heavy atom. The van der Waals surface area contributed by atoms with E-state index < -0.39 is 29.3 Å². The first-order valence-electron chi connectivity index (χ1n) is 12.0. The summed E-state index contributed by atoms with van der Waals surface area (Å²) in [5.74, 6) is -2.39. The third kappa shape index (κ3) is 5.14. The average molecular weight is 473 g/mol. The number of carboxylic acid groups (broad SMARTS) is 1. The molecule has 1 heterocycles. The molecule has 0 bridgehead atoms. The van der Waals surface area contributed by atoms with Crippen molar-refractivity contribution in [2.24, 2.45) is 17.6 Å². The number of piperidine rings is 1. The molecule has 4 N–H and O–H groups in total. The lowest BCUT2D eigenvalue weighted by atomic mass is 9.70. The van der Waals surface area contributed by atoms with Crippen LogP contribution >= 0.6 is 0 Å². The Morgan fingerprint density at radius 1 is 1.06 bits per heavy atom. The first kappa shape index (κ1) is 24.6. The molecule has 1 saturated heterocycles. The number of hydrogen-bond acceptors (Lipinski definition) is 4. The van der Waals surface area contributed by atoms with Crippen LogP contribution in [0.25, 0.3) is 10.8 Å². The van der Waals surface area contributed by atoms with Gasteiger partial charge in [-0.05, 0) is 53.8 Å². The topological polar surface area (TPSA) is 104 Å². The van der Waals surface area contributed by atoms with Crippen LogP contribution in [0.5, 0.6) is 0 Å². The van der Waals surface area contributed by atoms with E-state index in [-0.39, 0.29) is 6.61 Å². The standard InChI is InChI=1S/C29H32N2O4/c30-27(33)16-15-25(20-32)29(24-12-2-1-3-13-24,31-17-7-11-23(19-31)28(34)35)18-22-10-6-9-21-8-4-5-14-26(21)22/h1-6,8-10,12-16,23,25,32H,7,11,17-20H2,(H2,30,33)(H,34,35)/b16-15+/t23-,25?,29?/m1/s1. The van der Waals surface area contributed by atoms with Crippen LogP contribution in [0.1, 0.15) is 24.0 Å². The van der Waals surface area contributed by atoms with Gasteiger partial charge in [-0.15, -0.1) is 0 Å². The number of benzene rings is 3. The number of nitrogens with zero attached hydrogens (tertiary/aromatic N) is 1. The number of aliphatic carboxylic acids is 1. The van der Waals surface area contributed by atoms with Crippen LogP contribution in [0, 0.1) is 11.8 Å². The molecule has 1 aliphatic rings. The van der Waals surface area contributed by atoms with E-state index in [4.69, 9.17) is 5.73 Å². The normalized spacial score (nSPS) is 19.4. The Morgan fingerprint density at radius 2 is 1.77 bits per heavy atom. The van der Waals surface area contributed by atoms with Gasteiger partial charge in [-0.1, -0.05) is 78.9 Å². The smallest absolute Gasteiger partial charge is 0.307 e. The molecule has 3 aromatic carbocycles. The summed E-state index contributed by atoms with van der Waals surface area (Å²) in [4.78, 5) is 25.9. The predicted molar refractivity (Wildman–Crippen MR) is 137 cm³/mol. The van der Waals surface area contributed by atoms with Gasteiger partial charge >= 0.3 is 5.97 Å². The van der Waals surface area contributed by atoms with Crippen molar-refractivity contribution < 1.29 is 19.8 Å². The maximum atomic E-state index is 12.0. The van der Waals surface area contributed by atoms with Gasteiger partial charge in [-0.25, -0.2) is 0 Å². The molecule has 1 amide bonds. The maximum Gasteiger partial charge on any atom is 0.307 e. The predicted octanol–water partition coefficient (Wildman–Crippen LogP) is 3.72. The van der Waals surface area contributed by atoms with Gasteiger partial charge in [-0.2, -0.15) is 0 Å². The van der Waals surface area contributed by atoms with Crippen LogP contribution in [0.3, 0.4) is 0 Å². The summed E-state index contributed by atoms with van der Waals surface area (Å²) in [6, 6.07) is 24.3. The Labute approximate surface area is 205 Å². The molecule has 35 heavy (non-hydrogen) atoms. The van der Waals surface area contributed by atoms with Gasteiger partial charge in [0.05, 0.1) is 18.1 Å². The van der Waals surface area contributed by atoms with Gasteiger partial charge < -0.3 is 15.9 Å². The Hall–Kier alpha value is -3.48. The molecule has 182 valence electrons.